The third-order valence-corrected chi connectivity index (χ3v) is 5.15. The molecule has 2 aromatic carbocycles. The number of hydrogen-bond acceptors (Lipinski definition) is 3. The lowest BCUT2D eigenvalue weighted by Crippen LogP contribution is -2.36. The summed E-state index contributed by atoms with van der Waals surface area (Å²) in [5.41, 5.74) is 1.81. The van der Waals surface area contributed by atoms with E-state index in [1.807, 2.05) is 6.07 Å². The maximum atomic E-state index is 12.4. The van der Waals surface area contributed by atoms with E-state index in [9.17, 15) is 4.79 Å². The van der Waals surface area contributed by atoms with Crippen LogP contribution in [0.4, 0.5) is 5.69 Å². The van der Waals surface area contributed by atoms with Crippen LogP contribution >= 0.6 is 23.2 Å². The van der Waals surface area contributed by atoms with Crippen molar-refractivity contribution in [2.45, 2.75) is 13.0 Å². The van der Waals surface area contributed by atoms with Crippen molar-refractivity contribution in [2.24, 2.45) is 0 Å². The first-order chi connectivity index (χ1) is 12.6. The van der Waals surface area contributed by atoms with Crippen molar-refractivity contribution in [1.29, 1.82) is 0 Å². The summed E-state index contributed by atoms with van der Waals surface area (Å²) in [5.74, 6) is -0.0866. The summed E-state index contributed by atoms with van der Waals surface area (Å²) in [6, 6.07) is 15.7. The molecule has 0 saturated carbocycles. The number of hydrogen-bond donors (Lipinski definition) is 1. The molecule has 1 saturated heterocycles. The fourth-order valence-corrected chi connectivity index (χ4v) is 3.67. The van der Waals surface area contributed by atoms with Crippen LogP contribution in [0, 0.1) is 0 Å². The molecule has 3 rings (SSSR count). The second-order valence-corrected chi connectivity index (χ2v) is 7.35. The number of amides is 1. The summed E-state index contributed by atoms with van der Waals surface area (Å²) in [6.45, 7) is 5.08. The van der Waals surface area contributed by atoms with E-state index in [-0.39, 0.29) is 5.91 Å². The Labute approximate surface area is 164 Å². The van der Waals surface area contributed by atoms with Crippen LogP contribution in [0.15, 0.2) is 48.5 Å². The Kier molecular flexibility index (Phi) is 6.92. The van der Waals surface area contributed by atoms with E-state index in [2.05, 4.69) is 39.4 Å². The minimum Gasteiger partial charge on any atom is -0.322 e. The number of benzene rings is 2. The standard InChI is InChI=1S/C20H23Cl2N3O/c21-17-8-4-9-18(22)20(17)23-19(26)15-25-11-5-10-24(12-13-25)14-16-6-2-1-3-7-16/h1-4,6-9H,5,10-15H2,(H,23,26). The molecule has 1 fully saturated rings. The molecule has 1 aliphatic rings. The zero-order valence-electron chi connectivity index (χ0n) is 14.6. The summed E-state index contributed by atoms with van der Waals surface area (Å²) < 4.78 is 0. The molecular formula is C20H23Cl2N3O. The number of anilines is 1. The molecule has 1 aliphatic heterocycles. The van der Waals surface area contributed by atoms with Gasteiger partial charge in [0.2, 0.25) is 5.91 Å². The van der Waals surface area contributed by atoms with Gasteiger partial charge >= 0.3 is 0 Å². The fraction of sp³-hybridized carbons (Fsp3) is 0.350. The van der Waals surface area contributed by atoms with E-state index in [0.717, 1.165) is 39.1 Å². The monoisotopic (exact) mass is 391 g/mol. The van der Waals surface area contributed by atoms with Gasteiger partial charge in [-0.25, -0.2) is 0 Å². The second-order valence-electron chi connectivity index (χ2n) is 6.54. The third-order valence-electron chi connectivity index (χ3n) is 4.52. The molecule has 0 aromatic heterocycles. The van der Waals surface area contributed by atoms with E-state index >= 15 is 0 Å². The van der Waals surface area contributed by atoms with Crippen molar-refractivity contribution in [3.63, 3.8) is 0 Å². The van der Waals surface area contributed by atoms with Crippen LogP contribution in [0.25, 0.3) is 0 Å². The van der Waals surface area contributed by atoms with Crippen molar-refractivity contribution in [1.82, 2.24) is 9.80 Å². The molecule has 1 heterocycles. The summed E-state index contributed by atoms with van der Waals surface area (Å²) >= 11 is 12.2. The van der Waals surface area contributed by atoms with Gasteiger partial charge in [-0.05, 0) is 37.2 Å². The maximum Gasteiger partial charge on any atom is 0.238 e. The molecule has 2 aromatic rings. The van der Waals surface area contributed by atoms with Gasteiger partial charge in [-0.1, -0.05) is 59.6 Å². The molecule has 26 heavy (non-hydrogen) atoms. The third kappa shape index (κ3) is 5.45. The zero-order chi connectivity index (χ0) is 18.4. The predicted molar refractivity (Wildman–Crippen MR) is 108 cm³/mol. The quantitative estimate of drug-likeness (QED) is 0.831. The summed E-state index contributed by atoms with van der Waals surface area (Å²) in [5, 5.41) is 3.75. The molecular weight excluding hydrogens is 369 g/mol. The van der Waals surface area contributed by atoms with Crippen LogP contribution in [0.2, 0.25) is 10.0 Å². The van der Waals surface area contributed by atoms with E-state index < -0.39 is 0 Å². The molecule has 1 N–H and O–H groups in total. The Morgan fingerprint density at radius 2 is 1.54 bits per heavy atom. The van der Waals surface area contributed by atoms with E-state index in [0.29, 0.717) is 22.3 Å². The van der Waals surface area contributed by atoms with Crippen LogP contribution in [-0.4, -0.2) is 48.4 Å². The number of rotatable bonds is 5. The first-order valence-corrected chi connectivity index (χ1v) is 9.60. The minimum absolute atomic E-state index is 0.0866. The smallest absolute Gasteiger partial charge is 0.238 e. The van der Waals surface area contributed by atoms with Crippen LogP contribution in [0.5, 0.6) is 0 Å². The van der Waals surface area contributed by atoms with E-state index in [1.54, 1.807) is 18.2 Å². The van der Waals surface area contributed by atoms with Crippen LogP contribution in [0.3, 0.4) is 0 Å². The summed E-state index contributed by atoms with van der Waals surface area (Å²) in [7, 11) is 0. The number of nitrogens with one attached hydrogen (secondary N) is 1. The molecule has 6 heteroatoms. The average Bonchev–Trinajstić information content (AvgIpc) is 2.84. The van der Waals surface area contributed by atoms with Gasteiger partial charge in [0.05, 0.1) is 22.3 Å². The highest BCUT2D eigenvalue weighted by Gasteiger charge is 2.18. The Morgan fingerprint density at radius 1 is 0.885 bits per heavy atom. The molecule has 0 atom stereocenters. The number of carbonyl (C=O) groups is 1. The van der Waals surface area contributed by atoms with Gasteiger partial charge in [0.15, 0.2) is 0 Å². The largest absolute Gasteiger partial charge is 0.322 e. The van der Waals surface area contributed by atoms with Gasteiger partial charge in [-0.3, -0.25) is 14.6 Å². The van der Waals surface area contributed by atoms with Gasteiger partial charge in [0.1, 0.15) is 0 Å². The minimum atomic E-state index is -0.0866. The highest BCUT2D eigenvalue weighted by atomic mass is 35.5. The number of carbonyl (C=O) groups excluding carboxylic acids is 1. The summed E-state index contributed by atoms with van der Waals surface area (Å²) in [4.78, 5) is 17.0. The Balaban J connectivity index is 1.50. The normalized spacial score (nSPS) is 16.2. The van der Waals surface area contributed by atoms with E-state index in [1.165, 1.54) is 5.56 Å². The zero-order valence-corrected chi connectivity index (χ0v) is 16.1. The number of para-hydroxylation sites is 1. The van der Waals surface area contributed by atoms with Crippen LogP contribution in [-0.2, 0) is 11.3 Å². The van der Waals surface area contributed by atoms with Gasteiger partial charge in [0, 0.05) is 19.6 Å². The Bertz CT molecular complexity index is 719. The molecule has 4 nitrogen and oxygen atoms in total. The topological polar surface area (TPSA) is 35.6 Å². The maximum absolute atomic E-state index is 12.4. The van der Waals surface area contributed by atoms with Gasteiger partial charge in [-0.2, -0.15) is 0 Å². The second kappa shape index (κ2) is 9.38. The first-order valence-electron chi connectivity index (χ1n) is 8.84. The molecule has 0 spiro atoms. The van der Waals surface area contributed by atoms with Crippen molar-refractivity contribution in [3.05, 3.63) is 64.1 Å². The van der Waals surface area contributed by atoms with Crippen molar-refractivity contribution < 1.29 is 4.79 Å². The highest BCUT2D eigenvalue weighted by molar-refractivity contribution is 6.39. The van der Waals surface area contributed by atoms with Crippen molar-refractivity contribution in [2.75, 3.05) is 38.0 Å². The Hall–Kier alpha value is -1.59. The van der Waals surface area contributed by atoms with Crippen LogP contribution in [0.1, 0.15) is 12.0 Å². The SMILES string of the molecule is O=C(CN1CCCN(Cc2ccccc2)CC1)Nc1c(Cl)cccc1Cl. The number of nitrogens with zero attached hydrogens (tertiary/aromatic N) is 2. The van der Waals surface area contributed by atoms with Crippen molar-refractivity contribution in [3.8, 4) is 0 Å². The summed E-state index contributed by atoms with van der Waals surface area (Å²) in [6.07, 6.45) is 1.05. The number of halogens is 2. The lowest BCUT2D eigenvalue weighted by Gasteiger charge is -2.21. The Morgan fingerprint density at radius 3 is 2.27 bits per heavy atom. The predicted octanol–water partition coefficient (Wildman–Crippen LogP) is 4.14. The lowest BCUT2D eigenvalue weighted by atomic mass is 10.2. The molecule has 1 amide bonds. The van der Waals surface area contributed by atoms with Gasteiger partial charge in [-0.15, -0.1) is 0 Å². The fourth-order valence-electron chi connectivity index (χ4n) is 3.18. The van der Waals surface area contributed by atoms with Gasteiger partial charge in [0.25, 0.3) is 0 Å². The molecule has 138 valence electrons. The molecule has 0 unspecified atom stereocenters. The van der Waals surface area contributed by atoms with Crippen LogP contribution < -0.4 is 5.32 Å². The molecule has 0 bridgehead atoms. The van der Waals surface area contributed by atoms with Gasteiger partial charge < -0.3 is 5.32 Å². The van der Waals surface area contributed by atoms with Crippen molar-refractivity contribution >= 4 is 34.8 Å². The average molecular weight is 392 g/mol. The first kappa shape index (κ1) is 19.2. The highest BCUT2D eigenvalue weighted by Crippen LogP contribution is 2.29. The molecule has 0 aliphatic carbocycles. The van der Waals surface area contributed by atoms with E-state index in [4.69, 9.17) is 23.2 Å². The molecule has 0 radical (unpaired) electrons. The lowest BCUT2D eigenvalue weighted by molar-refractivity contribution is -0.117.